The van der Waals surface area contributed by atoms with Crippen LogP contribution in [0.25, 0.3) is 0 Å². The molecule has 0 saturated carbocycles. The van der Waals surface area contributed by atoms with Gasteiger partial charge in [0.15, 0.2) is 0 Å². The van der Waals surface area contributed by atoms with Crippen molar-refractivity contribution in [3.05, 3.63) is 29.8 Å². The number of amides is 2. The Balaban J connectivity index is 1.80. The summed E-state index contributed by atoms with van der Waals surface area (Å²) in [6, 6.07) is 7.04. The van der Waals surface area contributed by atoms with Crippen molar-refractivity contribution in [2.24, 2.45) is 11.8 Å². The fraction of sp³-hybridized carbons (Fsp3) is 0.600. The monoisotopic (exact) mass is 346 g/mol. The van der Waals surface area contributed by atoms with E-state index in [1.807, 2.05) is 4.90 Å². The van der Waals surface area contributed by atoms with Crippen molar-refractivity contribution >= 4 is 11.8 Å². The van der Waals surface area contributed by atoms with Gasteiger partial charge >= 0.3 is 0 Å². The van der Waals surface area contributed by atoms with Crippen LogP contribution in [0.2, 0.25) is 0 Å². The molecule has 0 spiro atoms. The van der Waals surface area contributed by atoms with E-state index in [0.717, 1.165) is 38.1 Å². The second-order valence-electron chi connectivity index (χ2n) is 7.15. The smallest absolute Gasteiger partial charge is 0.251 e. The molecular weight excluding hydrogens is 316 g/mol. The van der Waals surface area contributed by atoms with Gasteiger partial charge in [-0.25, -0.2) is 0 Å². The minimum Gasteiger partial charge on any atom is -0.494 e. The van der Waals surface area contributed by atoms with Gasteiger partial charge in [0.2, 0.25) is 5.91 Å². The van der Waals surface area contributed by atoms with Crippen molar-refractivity contribution in [3.8, 4) is 5.75 Å². The molecule has 0 aromatic heterocycles. The molecule has 2 rings (SSSR count). The predicted molar refractivity (Wildman–Crippen MR) is 98.7 cm³/mol. The first kappa shape index (κ1) is 19.3. The molecule has 1 aromatic rings. The van der Waals surface area contributed by atoms with E-state index >= 15 is 0 Å². The van der Waals surface area contributed by atoms with Gasteiger partial charge in [-0.2, -0.15) is 0 Å². The summed E-state index contributed by atoms with van der Waals surface area (Å²) >= 11 is 0. The Kier molecular flexibility index (Phi) is 7.29. The molecule has 138 valence electrons. The molecule has 1 aliphatic heterocycles. The van der Waals surface area contributed by atoms with Crippen molar-refractivity contribution < 1.29 is 14.3 Å². The summed E-state index contributed by atoms with van der Waals surface area (Å²) in [4.78, 5) is 26.4. The maximum absolute atomic E-state index is 12.3. The molecule has 2 atom stereocenters. The first-order valence-corrected chi connectivity index (χ1v) is 9.28. The van der Waals surface area contributed by atoms with Crippen LogP contribution < -0.4 is 10.1 Å². The highest BCUT2D eigenvalue weighted by Crippen LogP contribution is 2.20. The van der Waals surface area contributed by atoms with E-state index in [1.165, 1.54) is 0 Å². The minimum atomic E-state index is -0.230. The molecule has 0 aliphatic carbocycles. The van der Waals surface area contributed by atoms with Gasteiger partial charge in [-0.15, -0.1) is 0 Å². The lowest BCUT2D eigenvalue weighted by molar-refractivity contribution is -0.132. The van der Waals surface area contributed by atoms with E-state index in [-0.39, 0.29) is 18.4 Å². The van der Waals surface area contributed by atoms with Crippen molar-refractivity contribution in [3.63, 3.8) is 0 Å². The number of benzene rings is 1. The summed E-state index contributed by atoms with van der Waals surface area (Å²) < 4.78 is 5.59. The summed E-state index contributed by atoms with van der Waals surface area (Å²) in [5.74, 6) is 1.56. The number of hydrogen-bond donors (Lipinski definition) is 1. The summed E-state index contributed by atoms with van der Waals surface area (Å²) in [5, 5.41) is 2.73. The van der Waals surface area contributed by atoms with Crippen LogP contribution in [0.1, 0.15) is 50.4 Å². The van der Waals surface area contributed by atoms with Crippen LogP contribution in [-0.4, -0.2) is 43.0 Å². The fourth-order valence-corrected chi connectivity index (χ4v) is 3.27. The molecule has 0 bridgehead atoms. The number of piperidine rings is 1. The van der Waals surface area contributed by atoms with Crippen LogP contribution in [0.4, 0.5) is 0 Å². The van der Waals surface area contributed by atoms with Gasteiger partial charge in [0.25, 0.3) is 5.91 Å². The van der Waals surface area contributed by atoms with Gasteiger partial charge in [0, 0.05) is 18.7 Å². The van der Waals surface area contributed by atoms with Gasteiger partial charge in [0.05, 0.1) is 13.2 Å². The van der Waals surface area contributed by atoms with Crippen LogP contribution >= 0.6 is 0 Å². The van der Waals surface area contributed by atoms with Gasteiger partial charge in [-0.3, -0.25) is 9.59 Å². The Morgan fingerprint density at radius 2 is 1.80 bits per heavy atom. The van der Waals surface area contributed by atoms with Crippen molar-refractivity contribution in [1.82, 2.24) is 10.2 Å². The molecule has 1 saturated heterocycles. The lowest BCUT2D eigenvalue weighted by Crippen LogP contribution is -2.46. The van der Waals surface area contributed by atoms with Crippen LogP contribution in [0.15, 0.2) is 24.3 Å². The minimum absolute atomic E-state index is 0.00808. The molecule has 1 heterocycles. The SMILES string of the molecule is CCCCOc1ccc(C(=O)NCC(=O)N2C[C@@H](C)C[C@H](C)C2)cc1. The summed E-state index contributed by atoms with van der Waals surface area (Å²) in [6.07, 6.45) is 3.25. The zero-order valence-corrected chi connectivity index (χ0v) is 15.6. The van der Waals surface area contributed by atoms with Crippen molar-refractivity contribution in [2.45, 2.75) is 40.0 Å². The summed E-state index contributed by atoms with van der Waals surface area (Å²) in [6.45, 7) is 8.74. The van der Waals surface area contributed by atoms with Gasteiger partial charge in [-0.1, -0.05) is 27.2 Å². The number of carbonyl (C=O) groups excluding carboxylic acids is 2. The molecule has 5 nitrogen and oxygen atoms in total. The van der Waals surface area contributed by atoms with E-state index in [0.29, 0.717) is 24.0 Å². The Hall–Kier alpha value is -2.04. The zero-order valence-electron chi connectivity index (χ0n) is 15.6. The number of nitrogens with one attached hydrogen (secondary N) is 1. The maximum atomic E-state index is 12.3. The Morgan fingerprint density at radius 1 is 1.16 bits per heavy atom. The molecule has 0 radical (unpaired) electrons. The van der Waals surface area contributed by atoms with Crippen LogP contribution in [0, 0.1) is 11.8 Å². The quantitative estimate of drug-likeness (QED) is 0.772. The summed E-state index contributed by atoms with van der Waals surface area (Å²) in [7, 11) is 0. The van der Waals surface area contributed by atoms with Crippen LogP contribution in [0.5, 0.6) is 5.75 Å². The highest BCUT2D eigenvalue weighted by Gasteiger charge is 2.25. The van der Waals surface area contributed by atoms with E-state index in [2.05, 4.69) is 26.1 Å². The highest BCUT2D eigenvalue weighted by molar-refractivity contribution is 5.96. The van der Waals surface area contributed by atoms with Crippen molar-refractivity contribution in [1.29, 1.82) is 0 Å². The number of hydrogen-bond acceptors (Lipinski definition) is 3. The third-order valence-corrected chi connectivity index (χ3v) is 4.50. The predicted octanol–water partition coefficient (Wildman–Crippen LogP) is 3.10. The third kappa shape index (κ3) is 6.07. The fourth-order valence-electron chi connectivity index (χ4n) is 3.27. The van der Waals surface area contributed by atoms with Crippen LogP contribution in [-0.2, 0) is 4.79 Å². The average molecular weight is 346 g/mol. The molecular formula is C20H30N2O3. The summed E-state index contributed by atoms with van der Waals surface area (Å²) in [5.41, 5.74) is 0.538. The van der Waals surface area contributed by atoms with Gasteiger partial charge in [-0.05, 0) is 48.9 Å². The Morgan fingerprint density at radius 3 is 2.40 bits per heavy atom. The maximum Gasteiger partial charge on any atom is 0.251 e. The first-order valence-electron chi connectivity index (χ1n) is 9.28. The highest BCUT2D eigenvalue weighted by atomic mass is 16.5. The standard InChI is InChI=1S/C20H30N2O3/c1-4-5-10-25-18-8-6-17(7-9-18)20(24)21-12-19(23)22-13-15(2)11-16(3)14-22/h6-9,15-16H,4-5,10-14H2,1-3H3,(H,21,24)/t15-,16-/m0/s1. The molecule has 1 aliphatic rings. The molecule has 25 heavy (non-hydrogen) atoms. The molecule has 0 unspecified atom stereocenters. The number of unbranched alkanes of at least 4 members (excludes halogenated alkanes) is 1. The molecule has 1 N–H and O–H groups in total. The van der Waals surface area contributed by atoms with Gasteiger partial charge in [0.1, 0.15) is 5.75 Å². The van der Waals surface area contributed by atoms with E-state index < -0.39 is 0 Å². The average Bonchev–Trinajstić information content (AvgIpc) is 2.59. The Labute approximate surface area is 150 Å². The van der Waals surface area contributed by atoms with Crippen molar-refractivity contribution in [2.75, 3.05) is 26.2 Å². The first-order chi connectivity index (χ1) is 12.0. The number of nitrogens with zero attached hydrogens (tertiary/aromatic N) is 1. The second kappa shape index (κ2) is 9.44. The molecule has 1 aromatic carbocycles. The normalized spacial score (nSPS) is 20.2. The number of carbonyl (C=O) groups is 2. The van der Waals surface area contributed by atoms with Gasteiger partial charge < -0.3 is 15.0 Å². The Bertz CT molecular complexity index is 561. The van der Waals surface area contributed by atoms with E-state index in [1.54, 1.807) is 24.3 Å². The second-order valence-corrected chi connectivity index (χ2v) is 7.15. The number of likely N-dealkylation sites (tertiary alicyclic amines) is 1. The van der Waals surface area contributed by atoms with Crippen LogP contribution in [0.3, 0.4) is 0 Å². The number of ether oxygens (including phenoxy) is 1. The molecule has 1 fully saturated rings. The largest absolute Gasteiger partial charge is 0.494 e. The molecule has 2 amide bonds. The van der Waals surface area contributed by atoms with E-state index in [4.69, 9.17) is 4.74 Å². The van der Waals surface area contributed by atoms with E-state index in [9.17, 15) is 9.59 Å². The topological polar surface area (TPSA) is 58.6 Å². The third-order valence-electron chi connectivity index (χ3n) is 4.50. The molecule has 5 heteroatoms. The lowest BCUT2D eigenvalue weighted by Gasteiger charge is -2.35. The zero-order chi connectivity index (χ0) is 18.2. The lowest BCUT2D eigenvalue weighted by atomic mass is 9.92. The number of rotatable bonds is 7.